The molecule has 2 aromatic carbocycles. The average molecular weight is 562 g/mol. The summed E-state index contributed by atoms with van der Waals surface area (Å²) in [7, 11) is 6.87. The smallest absolute Gasteiger partial charge is 0.255 e. The Morgan fingerprint density at radius 2 is 1.61 bits per heavy atom. The van der Waals surface area contributed by atoms with Crippen LogP contribution in [0.3, 0.4) is 0 Å². The molecule has 5 rings (SSSR count). The van der Waals surface area contributed by atoms with E-state index in [2.05, 4.69) is 0 Å². The number of amides is 1. The Kier molecular flexibility index (Phi) is 6.55. The molecule has 0 fully saturated rings. The van der Waals surface area contributed by atoms with Gasteiger partial charge in [0.25, 0.3) is 5.91 Å². The summed E-state index contributed by atoms with van der Waals surface area (Å²) < 4.78 is 0. The number of aromatic hydroxyl groups is 1. The van der Waals surface area contributed by atoms with Crippen LogP contribution in [-0.4, -0.2) is 82.6 Å². The van der Waals surface area contributed by atoms with Gasteiger partial charge in [-0.1, -0.05) is 29.3 Å². The number of ketones is 2. The van der Waals surface area contributed by atoms with Crippen molar-refractivity contribution < 1.29 is 34.8 Å². The number of likely N-dealkylation sites (N-methyl/N-ethyl adjacent to an activating group) is 1. The molecule has 0 aromatic heterocycles. The quantitative estimate of drug-likeness (QED) is 0.353. The summed E-state index contributed by atoms with van der Waals surface area (Å²) in [5, 5.41) is 45.9. The van der Waals surface area contributed by atoms with Gasteiger partial charge in [-0.25, -0.2) is 0 Å². The number of nitrogens with zero attached hydrogens (tertiary/aromatic N) is 2. The lowest BCUT2D eigenvalue weighted by Gasteiger charge is -2.50. The number of aryl methyl sites for hydroxylation is 2. The summed E-state index contributed by atoms with van der Waals surface area (Å²) in [5.74, 6) is -6.64. The predicted molar refractivity (Wildman–Crippen MR) is 153 cm³/mol. The van der Waals surface area contributed by atoms with Gasteiger partial charge in [0, 0.05) is 36.8 Å². The number of Topliss-reactive ketones (excluding diaryl/α,β-unsaturated/α-hetero) is 2. The maximum absolute atomic E-state index is 14.2. The Bertz CT molecular complexity index is 1580. The third-order valence-corrected chi connectivity index (χ3v) is 8.71. The Labute approximate surface area is 238 Å². The number of nitrogens with two attached hydrogens (primary N) is 1. The molecule has 0 saturated heterocycles. The second kappa shape index (κ2) is 9.46. The number of benzene rings is 2. The molecule has 10 nitrogen and oxygen atoms in total. The van der Waals surface area contributed by atoms with Gasteiger partial charge in [-0.05, 0) is 63.9 Å². The number of carbonyl (C=O) groups excluding carboxylic acids is 3. The molecule has 6 N–H and O–H groups in total. The number of fused-ring (bicyclic) bond motifs is 3. The van der Waals surface area contributed by atoms with E-state index in [0.29, 0.717) is 22.4 Å². The van der Waals surface area contributed by atoms with Crippen molar-refractivity contribution in [2.24, 2.45) is 17.6 Å². The number of aliphatic hydroxyl groups excluding tert-OH is 2. The molecule has 3 aliphatic carbocycles. The summed E-state index contributed by atoms with van der Waals surface area (Å²) in [4.78, 5) is 43.3. The van der Waals surface area contributed by atoms with Gasteiger partial charge in [0.2, 0.25) is 5.78 Å². The van der Waals surface area contributed by atoms with E-state index in [9.17, 15) is 34.8 Å². The Morgan fingerprint density at radius 3 is 2.15 bits per heavy atom. The maximum atomic E-state index is 14.2. The van der Waals surface area contributed by atoms with E-state index in [4.69, 9.17) is 5.73 Å². The summed E-state index contributed by atoms with van der Waals surface area (Å²) >= 11 is 0. The lowest BCUT2D eigenvalue weighted by atomic mass is 9.58. The van der Waals surface area contributed by atoms with Crippen molar-refractivity contribution in [2.75, 3.05) is 33.1 Å². The summed E-state index contributed by atoms with van der Waals surface area (Å²) in [6, 6.07) is 6.61. The topological polar surface area (TPSA) is 165 Å². The highest BCUT2D eigenvalue weighted by Gasteiger charge is 2.63. The monoisotopic (exact) mass is 561 g/mol. The van der Waals surface area contributed by atoms with Crippen molar-refractivity contribution in [3.8, 4) is 16.9 Å². The SMILES string of the molecule is Cc1cc(C)cc(-c2cc(N(C)C)c3c(c2O)C(=O)C2=C(O)[C@@]4(O)C(=O)C(C(N)=O)=C(O)[C@H](N(C)C)[C@H]4C[C@H]2C3)c1. The van der Waals surface area contributed by atoms with Crippen LogP contribution in [0, 0.1) is 25.7 Å². The molecule has 3 aliphatic rings. The van der Waals surface area contributed by atoms with Gasteiger partial charge >= 0.3 is 0 Å². The van der Waals surface area contributed by atoms with Crippen LogP contribution >= 0.6 is 0 Å². The van der Waals surface area contributed by atoms with Crippen molar-refractivity contribution in [1.29, 1.82) is 0 Å². The fourth-order valence-electron chi connectivity index (χ4n) is 7.05. The minimum atomic E-state index is -2.67. The molecular formula is C31H35N3O7. The number of phenols is 1. The molecule has 0 spiro atoms. The predicted octanol–water partition coefficient (Wildman–Crippen LogP) is 2.47. The summed E-state index contributed by atoms with van der Waals surface area (Å²) in [5.41, 5.74) is 6.12. The van der Waals surface area contributed by atoms with Crippen LogP contribution in [0.5, 0.6) is 5.75 Å². The number of phenolic OH excluding ortho intramolecular Hbond substituents is 1. The summed E-state index contributed by atoms with van der Waals surface area (Å²) in [6.45, 7) is 3.87. The van der Waals surface area contributed by atoms with Gasteiger partial charge < -0.3 is 31.1 Å². The standard InChI is InChI=1S/C31H35N3O7/c1-13-7-14(2)9-15(8-13)17-12-20(33(3)4)18-10-16-11-19-24(34(5)6)27(37)23(30(32)40)29(39)31(19,41)28(38)21(16)26(36)22(18)25(17)35/h7-9,12,16,19,24,35,37-38,41H,10-11H2,1-6H3,(H2,32,40)/t16-,19-,24-,31-/m1/s1. The van der Waals surface area contributed by atoms with Crippen molar-refractivity contribution in [3.05, 3.63) is 69.2 Å². The molecule has 0 saturated carbocycles. The Balaban J connectivity index is 1.77. The van der Waals surface area contributed by atoms with Crippen LogP contribution in [0.1, 0.15) is 33.5 Å². The molecule has 4 atom stereocenters. The Morgan fingerprint density at radius 1 is 1.00 bits per heavy atom. The highest BCUT2D eigenvalue weighted by molar-refractivity contribution is 6.25. The normalized spacial score (nSPS) is 25.7. The van der Waals surface area contributed by atoms with E-state index < -0.39 is 58.0 Å². The first-order valence-electron chi connectivity index (χ1n) is 13.4. The van der Waals surface area contributed by atoms with Crippen molar-refractivity contribution >= 4 is 23.2 Å². The Hall–Kier alpha value is -4.15. The largest absolute Gasteiger partial charge is 0.510 e. The van der Waals surface area contributed by atoms with Gasteiger partial charge in [0.05, 0.1) is 11.6 Å². The van der Waals surface area contributed by atoms with Crippen molar-refractivity contribution in [2.45, 2.75) is 38.3 Å². The molecule has 10 heteroatoms. The zero-order chi connectivity index (χ0) is 30.3. The number of anilines is 1. The highest BCUT2D eigenvalue weighted by atomic mass is 16.3. The lowest BCUT2D eigenvalue weighted by Crippen LogP contribution is -2.63. The van der Waals surface area contributed by atoms with E-state index in [1.807, 2.05) is 57.1 Å². The van der Waals surface area contributed by atoms with Crippen LogP contribution in [0.25, 0.3) is 11.1 Å². The van der Waals surface area contributed by atoms with E-state index in [0.717, 1.165) is 11.1 Å². The van der Waals surface area contributed by atoms with Crippen LogP contribution in [-0.2, 0) is 16.0 Å². The average Bonchev–Trinajstić information content (AvgIpc) is 2.85. The molecule has 216 valence electrons. The minimum Gasteiger partial charge on any atom is -0.510 e. The molecule has 0 radical (unpaired) electrons. The van der Waals surface area contributed by atoms with Gasteiger partial charge in [0.1, 0.15) is 22.8 Å². The first-order valence-corrected chi connectivity index (χ1v) is 13.4. The van der Waals surface area contributed by atoms with Crippen molar-refractivity contribution in [1.82, 2.24) is 4.90 Å². The third-order valence-electron chi connectivity index (χ3n) is 8.71. The maximum Gasteiger partial charge on any atom is 0.255 e. The minimum absolute atomic E-state index is 0.00820. The number of allylic oxidation sites excluding steroid dienone is 1. The van der Waals surface area contributed by atoms with Gasteiger partial charge in [-0.2, -0.15) is 0 Å². The zero-order valence-corrected chi connectivity index (χ0v) is 23.9. The molecular weight excluding hydrogens is 526 g/mol. The number of hydrogen-bond acceptors (Lipinski definition) is 9. The van der Waals surface area contributed by atoms with Crippen molar-refractivity contribution in [3.63, 3.8) is 0 Å². The molecule has 1 amide bonds. The van der Waals surface area contributed by atoms with E-state index in [1.165, 1.54) is 4.90 Å². The number of aliphatic hydroxyl groups is 3. The molecule has 0 heterocycles. The van der Waals surface area contributed by atoms with E-state index in [1.54, 1.807) is 14.1 Å². The molecule has 0 aliphatic heterocycles. The van der Waals surface area contributed by atoms with Crippen LogP contribution < -0.4 is 10.6 Å². The molecule has 0 unspecified atom stereocenters. The van der Waals surface area contributed by atoms with E-state index >= 15 is 0 Å². The van der Waals surface area contributed by atoms with Crippen LogP contribution in [0.15, 0.2) is 46.9 Å². The van der Waals surface area contributed by atoms with Gasteiger partial charge in [0.15, 0.2) is 11.4 Å². The molecule has 2 aromatic rings. The van der Waals surface area contributed by atoms with Gasteiger partial charge in [-0.15, -0.1) is 0 Å². The lowest BCUT2D eigenvalue weighted by molar-refractivity contribution is -0.148. The number of hydrogen-bond donors (Lipinski definition) is 5. The second-order valence-electron chi connectivity index (χ2n) is 11.9. The van der Waals surface area contributed by atoms with Gasteiger partial charge in [-0.3, -0.25) is 19.3 Å². The van der Waals surface area contributed by atoms with Crippen LogP contribution in [0.2, 0.25) is 0 Å². The summed E-state index contributed by atoms with van der Waals surface area (Å²) in [6.07, 6.45) is 0.265. The first-order chi connectivity index (χ1) is 19.1. The number of rotatable bonds is 4. The fraction of sp³-hybridized carbons (Fsp3) is 0.387. The first kappa shape index (κ1) is 28.4. The number of primary amides is 1. The fourth-order valence-corrected chi connectivity index (χ4v) is 7.05. The number of carbonyl (C=O) groups is 3. The zero-order valence-electron chi connectivity index (χ0n) is 23.9. The molecule has 41 heavy (non-hydrogen) atoms. The third kappa shape index (κ3) is 3.96. The second-order valence-corrected chi connectivity index (χ2v) is 11.9. The van der Waals surface area contributed by atoms with Crippen LogP contribution in [0.4, 0.5) is 5.69 Å². The molecule has 0 bridgehead atoms. The highest BCUT2D eigenvalue weighted by Crippen LogP contribution is 2.54. The van der Waals surface area contributed by atoms with E-state index in [-0.39, 0.29) is 29.7 Å².